The molecule has 4 nitrogen and oxygen atoms in total. The van der Waals surface area contributed by atoms with Crippen LogP contribution in [0.1, 0.15) is 27.2 Å². The van der Waals surface area contributed by atoms with Crippen molar-refractivity contribution in [1.82, 2.24) is 4.98 Å². The van der Waals surface area contributed by atoms with Crippen LogP contribution in [0.4, 0.5) is 5.13 Å². The van der Waals surface area contributed by atoms with E-state index in [9.17, 15) is 4.79 Å². The van der Waals surface area contributed by atoms with Gasteiger partial charge in [-0.3, -0.25) is 4.79 Å². The number of hydrogen-bond acceptors (Lipinski definition) is 4. The second kappa shape index (κ2) is 6.59. The first-order valence-electron chi connectivity index (χ1n) is 5.88. The number of aromatic nitrogens is 1. The second-order valence-electron chi connectivity index (χ2n) is 4.68. The number of anilines is 1. The van der Waals surface area contributed by atoms with Crippen LogP contribution >= 0.6 is 11.3 Å². The van der Waals surface area contributed by atoms with Crippen LogP contribution in [0.5, 0.6) is 0 Å². The monoisotopic (exact) mass is 256 g/mol. The van der Waals surface area contributed by atoms with E-state index in [1.165, 1.54) is 0 Å². The standard InChI is InChI=1S/C12H20N2O2S/c1-9(2)4-6-14(8-10(3)11(15)16)12-13-5-7-17-12/h5,7,9-10H,4,6,8H2,1-3H3,(H,15,16). The minimum atomic E-state index is -0.754. The molecule has 96 valence electrons. The highest BCUT2D eigenvalue weighted by Crippen LogP contribution is 2.20. The van der Waals surface area contributed by atoms with Gasteiger partial charge in [-0.1, -0.05) is 20.8 Å². The molecule has 1 N–H and O–H groups in total. The first-order valence-corrected chi connectivity index (χ1v) is 6.76. The third-order valence-electron chi connectivity index (χ3n) is 2.58. The van der Waals surface area contributed by atoms with E-state index in [1.54, 1.807) is 24.5 Å². The Kier molecular flexibility index (Phi) is 5.41. The van der Waals surface area contributed by atoms with Crippen LogP contribution in [-0.4, -0.2) is 29.1 Å². The van der Waals surface area contributed by atoms with Gasteiger partial charge in [0.25, 0.3) is 0 Å². The Balaban J connectivity index is 2.63. The first-order chi connectivity index (χ1) is 8.00. The summed E-state index contributed by atoms with van der Waals surface area (Å²) in [4.78, 5) is 17.2. The maximum absolute atomic E-state index is 10.9. The maximum Gasteiger partial charge on any atom is 0.308 e. The molecule has 0 radical (unpaired) electrons. The van der Waals surface area contributed by atoms with Gasteiger partial charge in [0, 0.05) is 24.7 Å². The highest BCUT2D eigenvalue weighted by atomic mass is 32.1. The van der Waals surface area contributed by atoms with E-state index in [0.29, 0.717) is 12.5 Å². The summed E-state index contributed by atoms with van der Waals surface area (Å²) in [5.41, 5.74) is 0. The van der Waals surface area contributed by atoms with Crippen molar-refractivity contribution in [3.8, 4) is 0 Å². The molecule has 0 aromatic carbocycles. The Hall–Kier alpha value is -1.10. The van der Waals surface area contributed by atoms with E-state index in [4.69, 9.17) is 5.11 Å². The molecule has 17 heavy (non-hydrogen) atoms. The van der Waals surface area contributed by atoms with E-state index >= 15 is 0 Å². The molecule has 1 atom stereocenters. The summed E-state index contributed by atoms with van der Waals surface area (Å²) < 4.78 is 0. The average Bonchev–Trinajstić information content (AvgIpc) is 2.76. The van der Waals surface area contributed by atoms with Crippen LogP contribution in [0.15, 0.2) is 11.6 Å². The lowest BCUT2D eigenvalue weighted by molar-refractivity contribution is -0.140. The topological polar surface area (TPSA) is 53.4 Å². The van der Waals surface area contributed by atoms with Gasteiger partial charge in [0.05, 0.1) is 5.92 Å². The molecule has 0 aliphatic carbocycles. The summed E-state index contributed by atoms with van der Waals surface area (Å²) in [6, 6.07) is 0. The SMILES string of the molecule is CC(C)CCN(CC(C)C(=O)O)c1nccs1. The Morgan fingerprint density at radius 1 is 1.53 bits per heavy atom. The Bertz CT molecular complexity index is 338. The van der Waals surface area contributed by atoms with Gasteiger partial charge < -0.3 is 10.0 Å². The van der Waals surface area contributed by atoms with Crippen LogP contribution < -0.4 is 4.90 Å². The number of carbonyl (C=O) groups is 1. The lowest BCUT2D eigenvalue weighted by atomic mass is 10.1. The average molecular weight is 256 g/mol. The zero-order chi connectivity index (χ0) is 12.8. The third kappa shape index (κ3) is 4.73. The Morgan fingerprint density at radius 3 is 2.71 bits per heavy atom. The summed E-state index contributed by atoms with van der Waals surface area (Å²) in [5.74, 6) is -0.514. The van der Waals surface area contributed by atoms with Crippen molar-refractivity contribution < 1.29 is 9.90 Å². The molecule has 1 rings (SSSR count). The molecule has 0 fully saturated rings. The quantitative estimate of drug-likeness (QED) is 0.815. The lowest BCUT2D eigenvalue weighted by Crippen LogP contribution is -2.33. The van der Waals surface area contributed by atoms with Crippen molar-refractivity contribution in [1.29, 1.82) is 0 Å². The third-order valence-corrected chi connectivity index (χ3v) is 3.41. The van der Waals surface area contributed by atoms with Crippen LogP contribution in [0.2, 0.25) is 0 Å². The maximum atomic E-state index is 10.9. The molecule has 0 bridgehead atoms. The zero-order valence-electron chi connectivity index (χ0n) is 10.6. The minimum absolute atomic E-state index is 0.369. The smallest absolute Gasteiger partial charge is 0.308 e. The summed E-state index contributed by atoms with van der Waals surface area (Å²) in [5, 5.41) is 11.8. The zero-order valence-corrected chi connectivity index (χ0v) is 11.4. The highest BCUT2D eigenvalue weighted by Gasteiger charge is 2.18. The number of carboxylic acid groups (broad SMARTS) is 1. The van der Waals surface area contributed by atoms with Gasteiger partial charge in [-0.15, -0.1) is 11.3 Å². The second-order valence-corrected chi connectivity index (χ2v) is 5.56. The molecule has 0 saturated carbocycles. The summed E-state index contributed by atoms with van der Waals surface area (Å²) in [6.45, 7) is 7.46. The first kappa shape index (κ1) is 14.0. The summed E-state index contributed by atoms with van der Waals surface area (Å²) in [7, 11) is 0. The molecule has 5 heteroatoms. The van der Waals surface area contributed by atoms with E-state index < -0.39 is 5.97 Å². The largest absolute Gasteiger partial charge is 0.481 e. The number of aliphatic carboxylic acids is 1. The molecule has 1 aromatic heterocycles. The number of thiazole rings is 1. The molecule has 1 unspecified atom stereocenters. The van der Waals surface area contributed by atoms with Crippen molar-refractivity contribution in [3.63, 3.8) is 0 Å². The molecular weight excluding hydrogens is 236 g/mol. The van der Waals surface area contributed by atoms with Crippen LogP contribution in [0.25, 0.3) is 0 Å². The fraction of sp³-hybridized carbons (Fsp3) is 0.667. The lowest BCUT2D eigenvalue weighted by Gasteiger charge is -2.24. The van der Waals surface area contributed by atoms with Crippen molar-refractivity contribution in [3.05, 3.63) is 11.6 Å². The molecule has 1 heterocycles. The molecular formula is C12H20N2O2S. The molecule has 1 aromatic rings. The number of hydrogen-bond donors (Lipinski definition) is 1. The number of rotatable bonds is 7. The van der Waals surface area contributed by atoms with Crippen molar-refractivity contribution >= 4 is 22.4 Å². The van der Waals surface area contributed by atoms with Gasteiger partial charge >= 0.3 is 5.97 Å². The van der Waals surface area contributed by atoms with E-state index in [-0.39, 0.29) is 5.92 Å². The summed E-state index contributed by atoms with van der Waals surface area (Å²) >= 11 is 1.56. The van der Waals surface area contributed by atoms with Gasteiger partial charge in [-0.25, -0.2) is 4.98 Å². The van der Waals surface area contributed by atoms with E-state index in [0.717, 1.165) is 18.1 Å². The van der Waals surface area contributed by atoms with Gasteiger partial charge in [-0.2, -0.15) is 0 Å². The van der Waals surface area contributed by atoms with Gasteiger partial charge in [0.15, 0.2) is 5.13 Å². The van der Waals surface area contributed by atoms with Crippen molar-refractivity contribution in [2.75, 3.05) is 18.0 Å². The minimum Gasteiger partial charge on any atom is -0.481 e. The van der Waals surface area contributed by atoms with Crippen LogP contribution in [0.3, 0.4) is 0 Å². The molecule has 0 aliphatic heterocycles. The fourth-order valence-corrected chi connectivity index (χ4v) is 2.14. The number of nitrogens with zero attached hydrogens (tertiary/aromatic N) is 2. The molecule has 0 saturated heterocycles. The van der Waals surface area contributed by atoms with Crippen LogP contribution in [-0.2, 0) is 4.79 Å². The van der Waals surface area contributed by atoms with Crippen LogP contribution in [0, 0.1) is 11.8 Å². The molecule has 0 aliphatic rings. The predicted molar refractivity (Wildman–Crippen MR) is 70.6 cm³/mol. The highest BCUT2D eigenvalue weighted by molar-refractivity contribution is 7.13. The Morgan fingerprint density at radius 2 is 2.24 bits per heavy atom. The van der Waals surface area contributed by atoms with Crippen molar-refractivity contribution in [2.24, 2.45) is 11.8 Å². The normalized spacial score (nSPS) is 12.7. The van der Waals surface area contributed by atoms with Gasteiger partial charge in [0.2, 0.25) is 0 Å². The number of carboxylic acids is 1. The van der Waals surface area contributed by atoms with Gasteiger partial charge in [-0.05, 0) is 12.3 Å². The molecule has 0 amide bonds. The predicted octanol–water partition coefficient (Wildman–Crippen LogP) is 2.72. The molecule has 0 spiro atoms. The fourth-order valence-electron chi connectivity index (χ4n) is 1.46. The van der Waals surface area contributed by atoms with E-state index in [1.807, 2.05) is 5.38 Å². The Labute approximate surface area is 106 Å². The van der Waals surface area contributed by atoms with Crippen molar-refractivity contribution in [2.45, 2.75) is 27.2 Å². The van der Waals surface area contributed by atoms with Gasteiger partial charge in [0.1, 0.15) is 0 Å². The van der Waals surface area contributed by atoms with E-state index in [2.05, 4.69) is 23.7 Å². The summed E-state index contributed by atoms with van der Waals surface area (Å²) in [6.07, 6.45) is 2.81.